The van der Waals surface area contributed by atoms with Crippen LogP contribution < -0.4 is 24.8 Å². The molecule has 2 N–H and O–H groups in total. The highest BCUT2D eigenvalue weighted by atomic mass is 16.5. The van der Waals surface area contributed by atoms with Gasteiger partial charge in [0.25, 0.3) is 5.91 Å². The minimum Gasteiger partial charge on any atom is -0.497 e. The van der Waals surface area contributed by atoms with Crippen molar-refractivity contribution in [1.29, 1.82) is 0 Å². The minimum atomic E-state index is -0.209. The predicted octanol–water partition coefficient (Wildman–Crippen LogP) is 3.78. The first-order chi connectivity index (χ1) is 14.1. The Balaban J connectivity index is 1.73. The van der Waals surface area contributed by atoms with Gasteiger partial charge in [0.1, 0.15) is 23.1 Å². The fourth-order valence-corrected chi connectivity index (χ4v) is 2.82. The van der Waals surface area contributed by atoms with Gasteiger partial charge in [-0.2, -0.15) is 0 Å². The van der Waals surface area contributed by atoms with E-state index >= 15 is 0 Å². The summed E-state index contributed by atoms with van der Waals surface area (Å²) in [4.78, 5) is 16.9. The number of benzene rings is 2. The number of carbonyl (C=O) groups excluding carboxylic acids is 1. The molecule has 29 heavy (non-hydrogen) atoms. The van der Waals surface area contributed by atoms with E-state index in [2.05, 4.69) is 15.6 Å². The Labute approximate surface area is 169 Å². The second-order valence-electron chi connectivity index (χ2n) is 6.12. The van der Waals surface area contributed by atoms with Gasteiger partial charge in [0, 0.05) is 29.9 Å². The van der Waals surface area contributed by atoms with Crippen LogP contribution in [0.3, 0.4) is 0 Å². The number of rotatable bonds is 8. The van der Waals surface area contributed by atoms with E-state index in [-0.39, 0.29) is 5.91 Å². The maximum atomic E-state index is 12.6. The standard InChI is InChI=1S/C22H23N3O4/c1-27-17-8-9-20(29-3)18(13-17)25-21-12-15(10-11-23-21)22(26)24-14-16-6-4-5-7-19(16)28-2/h4-13H,14H2,1-3H3,(H,23,25)(H,24,26). The zero-order valence-electron chi connectivity index (χ0n) is 16.6. The molecule has 0 fully saturated rings. The van der Waals surface area contributed by atoms with E-state index in [4.69, 9.17) is 14.2 Å². The van der Waals surface area contributed by atoms with Crippen LogP contribution in [-0.4, -0.2) is 32.2 Å². The number of pyridine rings is 1. The van der Waals surface area contributed by atoms with E-state index in [9.17, 15) is 4.79 Å². The third-order valence-corrected chi connectivity index (χ3v) is 4.32. The maximum absolute atomic E-state index is 12.6. The lowest BCUT2D eigenvalue weighted by atomic mass is 10.2. The number of nitrogens with one attached hydrogen (secondary N) is 2. The molecule has 7 nitrogen and oxygen atoms in total. The number of nitrogens with zero attached hydrogens (tertiary/aromatic N) is 1. The Morgan fingerprint density at radius 3 is 2.48 bits per heavy atom. The molecule has 0 saturated heterocycles. The van der Waals surface area contributed by atoms with Crippen molar-refractivity contribution in [3.63, 3.8) is 0 Å². The molecule has 0 aliphatic heterocycles. The van der Waals surface area contributed by atoms with Crippen LogP contribution in [0, 0.1) is 0 Å². The van der Waals surface area contributed by atoms with Crippen LogP contribution in [0.2, 0.25) is 0 Å². The number of aromatic nitrogens is 1. The summed E-state index contributed by atoms with van der Waals surface area (Å²) in [6.45, 7) is 0.359. The topological polar surface area (TPSA) is 81.7 Å². The summed E-state index contributed by atoms with van der Waals surface area (Å²) in [6, 6.07) is 16.3. The second kappa shape index (κ2) is 9.45. The van der Waals surface area contributed by atoms with Gasteiger partial charge >= 0.3 is 0 Å². The van der Waals surface area contributed by atoms with E-state index in [1.807, 2.05) is 24.3 Å². The SMILES string of the molecule is COc1ccc(OC)c(Nc2cc(C(=O)NCc3ccccc3OC)ccn2)c1. The molecule has 150 valence electrons. The normalized spacial score (nSPS) is 10.2. The zero-order valence-corrected chi connectivity index (χ0v) is 16.6. The molecule has 0 radical (unpaired) electrons. The summed E-state index contributed by atoms with van der Waals surface area (Å²) in [5.41, 5.74) is 2.07. The van der Waals surface area contributed by atoms with Gasteiger partial charge in [-0.3, -0.25) is 4.79 Å². The van der Waals surface area contributed by atoms with Crippen LogP contribution >= 0.6 is 0 Å². The number of para-hydroxylation sites is 1. The van der Waals surface area contributed by atoms with Gasteiger partial charge in [0.2, 0.25) is 0 Å². The molecule has 0 spiro atoms. The first-order valence-corrected chi connectivity index (χ1v) is 8.99. The fourth-order valence-electron chi connectivity index (χ4n) is 2.82. The molecule has 1 amide bonds. The minimum absolute atomic E-state index is 0.209. The fraction of sp³-hybridized carbons (Fsp3) is 0.182. The molecule has 0 bridgehead atoms. The molecule has 1 heterocycles. The lowest BCUT2D eigenvalue weighted by Gasteiger charge is -2.13. The Morgan fingerprint density at radius 1 is 0.931 bits per heavy atom. The summed E-state index contributed by atoms with van der Waals surface area (Å²) in [5.74, 6) is 2.35. The smallest absolute Gasteiger partial charge is 0.251 e. The van der Waals surface area contributed by atoms with Crippen molar-refractivity contribution in [2.24, 2.45) is 0 Å². The quantitative estimate of drug-likeness (QED) is 0.606. The number of anilines is 2. The highest BCUT2D eigenvalue weighted by Gasteiger charge is 2.11. The summed E-state index contributed by atoms with van der Waals surface area (Å²) in [5, 5.41) is 6.07. The van der Waals surface area contributed by atoms with Crippen LogP contribution in [-0.2, 0) is 6.54 Å². The summed E-state index contributed by atoms with van der Waals surface area (Å²) < 4.78 is 15.9. The average Bonchev–Trinajstić information content (AvgIpc) is 2.77. The maximum Gasteiger partial charge on any atom is 0.251 e. The van der Waals surface area contributed by atoms with Gasteiger partial charge in [0.05, 0.1) is 27.0 Å². The van der Waals surface area contributed by atoms with Gasteiger partial charge in [-0.05, 0) is 30.3 Å². The summed E-state index contributed by atoms with van der Waals surface area (Å²) >= 11 is 0. The van der Waals surface area contributed by atoms with Crippen LogP contribution in [0.15, 0.2) is 60.8 Å². The molecule has 3 rings (SSSR count). The Morgan fingerprint density at radius 2 is 1.72 bits per heavy atom. The average molecular weight is 393 g/mol. The van der Waals surface area contributed by atoms with E-state index in [1.54, 1.807) is 57.9 Å². The highest BCUT2D eigenvalue weighted by Crippen LogP contribution is 2.31. The van der Waals surface area contributed by atoms with Crippen molar-refractivity contribution in [3.8, 4) is 17.2 Å². The van der Waals surface area contributed by atoms with Gasteiger partial charge in [-0.1, -0.05) is 18.2 Å². The number of hydrogen-bond acceptors (Lipinski definition) is 6. The Hall–Kier alpha value is -3.74. The van der Waals surface area contributed by atoms with Crippen molar-refractivity contribution in [2.75, 3.05) is 26.6 Å². The van der Waals surface area contributed by atoms with Crippen LogP contribution in [0.5, 0.6) is 17.2 Å². The van der Waals surface area contributed by atoms with E-state index in [1.165, 1.54) is 0 Å². The largest absolute Gasteiger partial charge is 0.497 e. The highest BCUT2D eigenvalue weighted by molar-refractivity contribution is 5.95. The molecule has 0 saturated carbocycles. The van der Waals surface area contributed by atoms with Gasteiger partial charge < -0.3 is 24.8 Å². The van der Waals surface area contributed by atoms with Crippen molar-refractivity contribution in [1.82, 2.24) is 10.3 Å². The van der Waals surface area contributed by atoms with Crippen molar-refractivity contribution >= 4 is 17.4 Å². The van der Waals surface area contributed by atoms with E-state index in [0.717, 1.165) is 11.3 Å². The number of ether oxygens (including phenoxy) is 3. The number of amides is 1. The third-order valence-electron chi connectivity index (χ3n) is 4.32. The van der Waals surface area contributed by atoms with Gasteiger partial charge in [0.15, 0.2) is 0 Å². The number of hydrogen-bond donors (Lipinski definition) is 2. The summed E-state index contributed by atoms with van der Waals surface area (Å²) in [7, 11) is 4.78. The second-order valence-corrected chi connectivity index (χ2v) is 6.12. The lowest BCUT2D eigenvalue weighted by molar-refractivity contribution is 0.0950. The van der Waals surface area contributed by atoms with Crippen molar-refractivity contribution < 1.29 is 19.0 Å². The molecule has 2 aromatic carbocycles. The molecule has 0 unspecified atom stereocenters. The molecular formula is C22H23N3O4. The van der Waals surface area contributed by atoms with Crippen molar-refractivity contribution in [3.05, 3.63) is 71.9 Å². The van der Waals surface area contributed by atoms with Crippen molar-refractivity contribution in [2.45, 2.75) is 6.54 Å². The zero-order chi connectivity index (χ0) is 20.6. The van der Waals surface area contributed by atoms with Gasteiger partial charge in [-0.25, -0.2) is 4.98 Å². The summed E-state index contributed by atoms with van der Waals surface area (Å²) in [6.07, 6.45) is 1.58. The Kier molecular flexibility index (Phi) is 6.52. The van der Waals surface area contributed by atoms with Crippen LogP contribution in [0.4, 0.5) is 11.5 Å². The predicted molar refractivity (Wildman–Crippen MR) is 111 cm³/mol. The molecule has 1 aromatic heterocycles. The lowest BCUT2D eigenvalue weighted by Crippen LogP contribution is -2.23. The molecule has 7 heteroatoms. The Bertz CT molecular complexity index is 991. The molecule has 3 aromatic rings. The van der Waals surface area contributed by atoms with Crippen LogP contribution in [0.25, 0.3) is 0 Å². The first kappa shape index (κ1) is 20.0. The molecule has 0 atom stereocenters. The van der Waals surface area contributed by atoms with Crippen LogP contribution in [0.1, 0.15) is 15.9 Å². The third kappa shape index (κ3) is 4.95. The van der Waals surface area contributed by atoms with E-state index < -0.39 is 0 Å². The number of carbonyl (C=O) groups is 1. The molecular weight excluding hydrogens is 370 g/mol. The number of methoxy groups -OCH3 is 3. The van der Waals surface area contributed by atoms with E-state index in [0.29, 0.717) is 35.1 Å². The molecule has 0 aliphatic rings. The first-order valence-electron chi connectivity index (χ1n) is 8.99. The molecule has 0 aliphatic carbocycles. The van der Waals surface area contributed by atoms with Gasteiger partial charge in [-0.15, -0.1) is 0 Å². The monoisotopic (exact) mass is 393 g/mol.